The van der Waals surface area contributed by atoms with Gasteiger partial charge >= 0.3 is 5.97 Å². The minimum atomic E-state index is -0.483. The van der Waals surface area contributed by atoms with Crippen molar-refractivity contribution in [1.29, 1.82) is 0 Å². The Kier molecular flexibility index (Phi) is 3.50. The molecular weight excluding hydrogens is 226 g/mol. The van der Waals surface area contributed by atoms with E-state index in [0.717, 1.165) is 11.5 Å². The molecule has 1 fully saturated rings. The molecule has 1 aliphatic carbocycles. The molecule has 1 heterocycles. The summed E-state index contributed by atoms with van der Waals surface area (Å²) in [5, 5.41) is 0. The van der Waals surface area contributed by atoms with Gasteiger partial charge in [0.1, 0.15) is 11.3 Å². The molecule has 0 amide bonds. The maximum absolute atomic E-state index is 11.7. The Morgan fingerprint density at radius 3 is 2.61 bits per heavy atom. The van der Waals surface area contributed by atoms with Crippen molar-refractivity contribution in [3.8, 4) is 0 Å². The van der Waals surface area contributed by atoms with Crippen molar-refractivity contribution in [3.05, 3.63) is 35.7 Å². The molecule has 2 rings (SSSR count). The zero-order valence-corrected chi connectivity index (χ0v) is 11.1. The molecule has 1 aromatic heterocycles. The molecule has 1 saturated carbocycles. The minimum absolute atomic E-state index is 0.355. The highest BCUT2D eigenvalue weighted by atomic mass is 16.6. The van der Waals surface area contributed by atoms with E-state index in [1.807, 2.05) is 26.8 Å². The average Bonchev–Trinajstić information content (AvgIpc) is 3.08. The van der Waals surface area contributed by atoms with Crippen molar-refractivity contribution < 1.29 is 9.53 Å². The molecule has 0 bridgehead atoms. The van der Waals surface area contributed by atoms with Crippen LogP contribution in [0.2, 0.25) is 0 Å². The second-order valence-electron chi connectivity index (χ2n) is 5.68. The van der Waals surface area contributed by atoms with E-state index in [4.69, 9.17) is 4.74 Å². The van der Waals surface area contributed by atoms with Crippen LogP contribution in [-0.2, 0) is 4.74 Å². The highest BCUT2D eigenvalue weighted by Gasteiger charge is 2.19. The summed E-state index contributed by atoms with van der Waals surface area (Å²) in [6.45, 7) is 5.53. The second-order valence-corrected chi connectivity index (χ2v) is 5.68. The highest BCUT2D eigenvalue weighted by Crippen LogP contribution is 2.30. The third-order valence-electron chi connectivity index (χ3n) is 2.58. The van der Waals surface area contributed by atoms with Gasteiger partial charge in [0, 0.05) is 6.20 Å². The molecule has 0 atom stereocenters. The van der Waals surface area contributed by atoms with Crippen LogP contribution in [0.25, 0.3) is 6.08 Å². The van der Waals surface area contributed by atoms with Gasteiger partial charge < -0.3 is 4.74 Å². The van der Waals surface area contributed by atoms with Crippen LogP contribution in [0.3, 0.4) is 0 Å². The Morgan fingerprint density at radius 1 is 1.39 bits per heavy atom. The number of rotatable bonds is 3. The van der Waals surface area contributed by atoms with Crippen LogP contribution in [0.15, 0.2) is 24.4 Å². The fraction of sp³-hybridized carbons (Fsp3) is 0.467. The molecule has 18 heavy (non-hydrogen) atoms. The number of ether oxygens (including phenoxy) is 1. The van der Waals surface area contributed by atoms with Gasteiger partial charge in [0.15, 0.2) is 0 Å². The van der Waals surface area contributed by atoms with E-state index in [1.165, 1.54) is 12.8 Å². The number of carbonyl (C=O) groups excluding carboxylic acids is 1. The summed E-state index contributed by atoms with van der Waals surface area (Å²) in [6, 6.07) is 3.60. The van der Waals surface area contributed by atoms with E-state index in [-0.39, 0.29) is 5.97 Å². The Balaban J connectivity index is 2.00. The van der Waals surface area contributed by atoms with Gasteiger partial charge in [0.05, 0.1) is 0 Å². The number of allylic oxidation sites excluding steroid dienone is 1. The van der Waals surface area contributed by atoms with Crippen molar-refractivity contribution in [2.75, 3.05) is 0 Å². The lowest BCUT2D eigenvalue weighted by Crippen LogP contribution is -2.24. The third-order valence-corrected chi connectivity index (χ3v) is 2.58. The van der Waals surface area contributed by atoms with E-state index in [2.05, 4.69) is 17.1 Å². The highest BCUT2D eigenvalue weighted by molar-refractivity contribution is 5.87. The maximum atomic E-state index is 11.7. The van der Waals surface area contributed by atoms with Crippen molar-refractivity contribution in [3.63, 3.8) is 0 Å². The standard InChI is InChI=1S/C15H19NO2/c1-15(2,3)18-14(17)13-9-8-12(10-16-13)7-6-11-4-5-11/h6-11H,4-5H2,1-3H3. The summed E-state index contributed by atoms with van der Waals surface area (Å²) in [7, 11) is 0. The monoisotopic (exact) mass is 245 g/mol. The van der Waals surface area contributed by atoms with Crippen LogP contribution in [0.5, 0.6) is 0 Å². The molecular formula is C15H19NO2. The quantitative estimate of drug-likeness (QED) is 0.765. The van der Waals surface area contributed by atoms with Crippen molar-refractivity contribution >= 4 is 12.0 Å². The number of carbonyl (C=O) groups is 1. The number of esters is 1. The Hall–Kier alpha value is -1.64. The minimum Gasteiger partial charge on any atom is -0.455 e. The predicted octanol–water partition coefficient (Wildman–Crippen LogP) is 3.46. The molecule has 0 unspecified atom stereocenters. The molecule has 0 radical (unpaired) electrons. The molecule has 96 valence electrons. The average molecular weight is 245 g/mol. The number of pyridine rings is 1. The number of nitrogens with zero attached hydrogens (tertiary/aromatic N) is 1. The first kappa shape index (κ1) is 12.8. The molecule has 1 aliphatic rings. The van der Waals surface area contributed by atoms with Gasteiger partial charge in [-0.2, -0.15) is 0 Å². The first-order chi connectivity index (χ1) is 8.44. The fourth-order valence-corrected chi connectivity index (χ4v) is 1.49. The van der Waals surface area contributed by atoms with Crippen LogP contribution in [0.1, 0.15) is 49.7 Å². The predicted molar refractivity (Wildman–Crippen MR) is 71.2 cm³/mol. The lowest BCUT2D eigenvalue weighted by molar-refractivity contribution is 0.00629. The smallest absolute Gasteiger partial charge is 0.357 e. The van der Waals surface area contributed by atoms with Gasteiger partial charge in [-0.05, 0) is 51.2 Å². The van der Waals surface area contributed by atoms with Gasteiger partial charge in [-0.3, -0.25) is 0 Å². The van der Waals surface area contributed by atoms with Gasteiger partial charge in [-0.1, -0.05) is 18.2 Å². The van der Waals surface area contributed by atoms with Crippen LogP contribution < -0.4 is 0 Å². The summed E-state index contributed by atoms with van der Waals surface area (Å²) < 4.78 is 5.25. The van der Waals surface area contributed by atoms with Crippen LogP contribution >= 0.6 is 0 Å². The Labute approximate surface area is 108 Å². The molecule has 0 N–H and O–H groups in total. The van der Waals surface area contributed by atoms with Gasteiger partial charge in [-0.15, -0.1) is 0 Å². The molecule has 0 aliphatic heterocycles. The normalized spacial score (nSPS) is 15.9. The second kappa shape index (κ2) is 4.92. The van der Waals surface area contributed by atoms with Crippen LogP contribution in [-0.4, -0.2) is 16.6 Å². The summed E-state index contributed by atoms with van der Waals surface area (Å²) >= 11 is 0. The first-order valence-corrected chi connectivity index (χ1v) is 6.32. The fourth-order valence-electron chi connectivity index (χ4n) is 1.49. The first-order valence-electron chi connectivity index (χ1n) is 6.32. The molecule has 0 spiro atoms. The number of hydrogen-bond acceptors (Lipinski definition) is 3. The third kappa shape index (κ3) is 3.99. The van der Waals surface area contributed by atoms with E-state index in [0.29, 0.717) is 5.69 Å². The van der Waals surface area contributed by atoms with Crippen molar-refractivity contribution in [2.24, 2.45) is 5.92 Å². The molecule has 3 nitrogen and oxygen atoms in total. The molecule has 0 saturated heterocycles. The maximum Gasteiger partial charge on any atom is 0.357 e. The SMILES string of the molecule is CC(C)(C)OC(=O)c1ccc(C=CC2CC2)cn1. The van der Waals surface area contributed by atoms with Gasteiger partial charge in [-0.25, -0.2) is 9.78 Å². The number of hydrogen-bond donors (Lipinski definition) is 0. The Morgan fingerprint density at radius 2 is 2.11 bits per heavy atom. The van der Waals surface area contributed by atoms with E-state index < -0.39 is 5.60 Å². The van der Waals surface area contributed by atoms with Gasteiger partial charge in [0.2, 0.25) is 0 Å². The summed E-state index contributed by atoms with van der Waals surface area (Å²) in [5.41, 5.74) is 0.895. The van der Waals surface area contributed by atoms with Crippen LogP contribution in [0, 0.1) is 5.92 Å². The largest absolute Gasteiger partial charge is 0.455 e. The summed E-state index contributed by atoms with van der Waals surface area (Å²) in [4.78, 5) is 15.9. The van der Waals surface area contributed by atoms with Crippen LogP contribution in [0.4, 0.5) is 0 Å². The summed E-state index contributed by atoms with van der Waals surface area (Å²) in [6.07, 6.45) is 8.55. The number of aromatic nitrogens is 1. The molecule has 1 aromatic rings. The molecule has 3 heteroatoms. The van der Waals surface area contributed by atoms with E-state index >= 15 is 0 Å². The lowest BCUT2D eigenvalue weighted by atomic mass is 10.2. The lowest BCUT2D eigenvalue weighted by Gasteiger charge is -2.18. The zero-order valence-electron chi connectivity index (χ0n) is 11.1. The summed E-state index contributed by atoms with van der Waals surface area (Å²) in [5.74, 6) is 0.371. The Bertz CT molecular complexity index is 450. The topological polar surface area (TPSA) is 39.2 Å². The van der Waals surface area contributed by atoms with E-state index in [9.17, 15) is 4.79 Å². The van der Waals surface area contributed by atoms with E-state index in [1.54, 1.807) is 12.3 Å². The van der Waals surface area contributed by atoms with Crippen molar-refractivity contribution in [2.45, 2.75) is 39.2 Å². The zero-order chi connectivity index (χ0) is 13.2. The van der Waals surface area contributed by atoms with Crippen molar-refractivity contribution in [1.82, 2.24) is 4.98 Å². The van der Waals surface area contributed by atoms with Gasteiger partial charge in [0.25, 0.3) is 0 Å². The molecule has 0 aromatic carbocycles.